The fraction of sp³-hybridized carbons (Fsp3) is 0.310. The number of amides is 1. The Bertz CT molecular complexity index is 1700. The van der Waals surface area contributed by atoms with Crippen molar-refractivity contribution in [2.24, 2.45) is 18.7 Å². The van der Waals surface area contributed by atoms with E-state index in [1.54, 1.807) is 23.9 Å². The highest BCUT2D eigenvalue weighted by molar-refractivity contribution is 6.06. The van der Waals surface area contributed by atoms with Crippen molar-refractivity contribution < 1.29 is 23.5 Å². The lowest BCUT2D eigenvalue weighted by Crippen LogP contribution is -2.29. The maximum atomic E-state index is 15.5. The number of carboxylic acid groups (broad SMARTS) is 1. The van der Waals surface area contributed by atoms with Crippen LogP contribution in [-0.2, 0) is 13.6 Å². The summed E-state index contributed by atoms with van der Waals surface area (Å²) in [4.78, 5) is 38.8. The number of halogens is 2. The number of hydrogen-bond donors (Lipinski definition) is 2. The predicted molar refractivity (Wildman–Crippen MR) is 141 cm³/mol. The van der Waals surface area contributed by atoms with Crippen molar-refractivity contribution in [2.45, 2.75) is 45.6 Å². The number of carboxylic acids is 1. The molecule has 39 heavy (non-hydrogen) atoms. The Hall–Kier alpha value is -4.34. The predicted octanol–water partition coefficient (Wildman–Crippen LogP) is 4.41. The molecule has 2 aromatic heterocycles. The molecule has 202 valence electrons. The minimum Gasteiger partial charge on any atom is -0.478 e. The molecule has 4 aromatic rings. The van der Waals surface area contributed by atoms with E-state index in [1.165, 1.54) is 23.6 Å². The number of aromatic nitrogens is 3. The number of carbonyl (C=O) groups is 2. The van der Waals surface area contributed by atoms with Crippen LogP contribution in [0, 0.1) is 31.4 Å². The van der Waals surface area contributed by atoms with E-state index in [4.69, 9.17) is 5.73 Å². The van der Waals surface area contributed by atoms with Gasteiger partial charge in [0.05, 0.1) is 28.8 Å². The lowest BCUT2D eigenvalue weighted by atomic mass is 9.68. The summed E-state index contributed by atoms with van der Waals surface area (Å²) in [6.45, 7) is 3.30. The molecule has 2 aromatic carbocycles. The van der Waals surface area contributed by atoms with Gasteiger partial charge in [-0.25, -0.2) is 13.6 Å². The standard InChI is InChI=1S/C29H28F2N4O4/c1-14-12-17(33-34(14)3)13-35-15(2)22(29(38)39)25-19(10-11-21(31)26(25)28(35)37)23(16-6-4-7-16)18-8-5-9-20(30)24(18)27(32)36/h5,8-12,16,23H,4,6-7,13H2,1-3H3,(H2,32,36)(H,38,39)/t23-/m1/s1. The Balaban J connectivity index is 1.85. The zero-order chi connectivity index (χ0) is 28.2. The van der Waals surface area contributed by atoms with Gasteiger partial charge < -0.3 is 15.4 Å². The van der Waals surface area contributed by atoms with Crippen LogP contribution >= 0.6 is 0 Å². The van der Waals surface area contributed by atoms with Crippen molar-refractivity contribution in [3.05, 3.63) is 97.7 Å². The van der Waals surface area contributed by atoms with Crippen LogP contribution in [-0.4, -0.2) is 31.3 Å². The fourth-order valence-corrected chi connectivity index (χ4v) is 5.77. The third-order valence-corrected chi connectivity index (χ3v) is 7.94. The maximum Gasteiger partial charge on any atom is 0.338 e. The quantitative estimate of drug-likeness (QED) is 0.364. The van der Waals surface area contributed by atoms with Gasteiger partial charge >= 0.3 is 5.97 Å². The SMILES string of the molecule is Cc1cc(Cn2c(C)c(C(=O)O)c3c([C@@H](c4cccc(F)c4C(N)=O)C4CCC4)ccc(F)c3c2=O)nn1C. The normalized spacial score (nSPS) is 14.4. The summed E-state index contributed by atoms with van der Waals surface area (Å²) < 4.78 is 33.2. The van der Waals surface area contributed by atoms with Crippen molar-refractivity contribution in [1.29, 1.82) is 0 Å². The average molecular weight is 535 g/mol. The lowest BCUT2D eigenvalue weighted by molar-refractivity contribution is 0.0696. The Labute approximate surface area is 222 Å². The molecule has 8 nitrogen and oxygen atoms in total. The number of nitrogens with two attached hydrogens (primary N) is 1. The topological polar surface area (TPSA) is 120 Å². The largest absolute Gasteiger partial charge is 0.478 e. The molecule has 3 N–H and O–H groups in total. The summed E-state index contributed by atoms with van der Waals surface area (Å²) in [6, 6.07) is 8.51. The minimum atomic E-state index is -1.34. The van der Waals surface area contributed by atoms with E-state index in [9.17, 15) is 23.9 Å². The summed E-state index contributed by atoms with van der Waals surface area (Å²) >= 11 is 0. The number of nitrogens with zero attached hydrogens (tertiary/aromatic N) is 3. The molecular weight excluding hydrogens is 506 g/mol. The Kier molecular flexibility index (Phi) is 6.57. The lowest BCUT2D eigenvalue weighted by Gasteiger charge is -2.36. The molecule has 5 rings (SSSR count). The van der Waals surface area contributed by atoms with Crippen molar-refractivity contribution in [3.63, 3.8) is 0 Å². The molecule has 1 aliphatic rings. The number of carbonyl (C=O) groups excluding carboxylic acids is 1. The number of primary amides is 1. The smallest absolute Gasteiger partial charge is 0.338 e. The van der Waals surface area contributed by atoms with Gasteiger partial charge in [-0.05, 0) is 61.9 Å². The molecule has 0 radical (unpaired) electrons. The zero-order valence-corrected chi connectivity index (χ0v) is 21.8. The first-order valence-corrected chi connectivity index (χ1v) is 12.7. The van der Waals surface area contributed by atoms with Crippen LogP contribution in [0.25, 0.3) is 10.8 Å². The summed E-state index contributed by atoms with van der Waals surface area (Å²) in [5, 5.41) is 14.3. The monoisotopic (exact) mass is 534 g/mol. The molecule has 2 heterocycles. The van der Waals surface area contributed by atoms with Gasteiger partial charge in [0.25, 0.3) is 11.5 Å². The molecule has 0 spiro atoms. The van der Waals surface area contributed by atoms with Gasteiger partial charge in [-0.2, -0.15) is 5.10 Å². The fourth-order valence-electron chi connectivity index (χ4n) is 5.77. The van der Waals surface area contributed by atoms with Gasteiger partial charge in [0.1, 0.15) is 11.6 Å². The van der Waals surface area contributed by atoms with Crippen molar-refractivity contribution in [1.82, 2.24) is 14.3 Å². The average Bonchev–Trinajstić information content (AvgIpc) is 3.15. The summed E-state index contributed by atoms with van der Waals surface area (Å²) in [5.41, 5.74) is 6.49. The summed E-state index contributed by atoms with van der Waals surface area (Å²) in [6.07, 6.45) is 2.36. The third kappa shape index (κ3) is 4.29. The first kappa shape index (κ1) is 26.3. The molecule has 0 saturated heterocycles. The van der Waals surface area contributed by atoms with E-state index >= 15 is 4.39 Å². The second-order valence-corrected chi connectivity index (χ2v) is 10.2. The zero-order valence-electron chi connectivity index (χ0n) is 21.8. The van der Waals surface area contributed by atoms with E-state index in [0.717, 1.165) is 37.1 Å². The molecule has 1 saturated carbocycles. The van der Waals surface area contributed by atoms with Gasteiger partial charge in [-0.1, -0.05) is 24.6 Å². The van der Waals surface area contributed by atoms with Gasteiger partial charge in [-0.15, -0.1) is 0 Å². The maximum absolute atomic E-state index is 15.5. The van der Waals surface area contributed by atoms with Gasteiger partial charge in [0.2, 0.25) is 0 Å². The van der Waals surface area contributed by atoms with Crippen LogP contribution in [0.5, 0.6) is 0 Å². The highest BCUT2D eigenvalue weighted by Crippen LogP contribution is 2.47. The van der Waals surface area contributed by atoms with Crippen molar-refractivity contribution in [2.75, 3.05) is 0 Å². The molecule has 1 amide bonds. The number of benzene rings is 2. The summed E-state index contributed by atoms with van der Waals surface area (Å²) in [5.74, 6) is -4.71. The number of rotatable bonds is 7. The van der Waals surface area contributed by atoms with E-state index in [-0.39, 0.29) is 40.1 Å². The number of fused-ring (bicyclic) bond motifs is 1. The minimum absolute atomic E-state index is 0.0463. The number of aryl methyl sites for hydroxylation is 2. The highest BCUT2D eigenvalue weighted by atomic mass is 19.1. The molecule has 0 bridgehead atoms. The molecule has 10 heteroatoms. The summed E-state index contributed by atoms with van der Waals surface area (Å²) in [7, 11) is 1.75. The van der Waals surface area contributed by atoms with Crippen LogP contribution in [0.4, 0.5) is 8.78 Å². The number of hydrogen-bond acceptors (Lipinski definition) is 4. The van der Waals surface area contributed by atoms with E-state index in [0.29, 0.717) is 16.8 Å². The Morgan fingerprint density at radius 1 is 1.08 bits per heavy atom. The molecule has 0 aliphatic heterocycles. The van der Waals surface area contributed by atoms with E-state index in [2.05, 4.69) is 5.10 Å². The highest BCUT2D eigenvalue weighted by Gasteiger charge is 2.36. The third-order valence-electron chi connectivity index (χ3n) is 7.94. The first-order chi connectivity index (χ1) is 18.5. The van der Waals surface area contributed by atoms with Crippen molar-refractivity contribution in [3.8, 4) is 0 Å². The van der Waals surface area contributed by atoms with Gasteiger partial charge in [0.15, 0.2) is 0 Å². The van der Waals surface area contributed by atoms with Crippen molar-refractivity contribution >= 4 is 22.6 Å². The second kappa shape index (κ2) is 9.76. The van der Waals surface area contributed by atoms with Crippen LogP contribution in [0.3, 0.4) is 0 Å². The molecule has 1 fully saturated rings. The molecule has 1 atom stereocenters. The molecule has 0 unspecified atom stereocenters. The number of pyridine rings is 1. The Morgan fingerprint density at radius 3 is 2.36 bits per heavy atom. The number of aromatic carboxylic acids is 1. The van der Waals surface area contributed by atoms with Gasteiger partial charge in [-0.3, -0.25) is 14.3 Å². The first-order valence-electron chi connectivity index (χ1n) is 12.7. The van der Waals surface area contributed by atoms with Crippen LogP contribution in [0.15, 0.2) is 41.2 Å². The van der Waals surface area contributed by atoms with Crippen LogP contribution in [0.1, 0.15) is 74.1 Å². The van der Waals surface area contributed by atoms with Gasteiger partial charge in [0, 0.05) is 29.7 Å². The van der Waals surface area contributed by atoms with Crippen LogP contribution < -0.4 is 11.3 Å². The molecular formula is C29H28F2N4O4. The Morgan fingerprint density at radius 2 is 1.79 bits per heavy atom. The van der Waals surface area contributed by atoms with E-state index in [1.807, 2.05) is 6.92 Å². The molecule has 1 aliphatic carbocycles. The van der Waals surface area contributed by atoms with Crippen LogP contribution in [0.2, 0.25) is 0 Å². The second-order valence-electron chi connectivity index (χ2n) is 10.2. The van der Waals surface area contributed by atoms with E-state index < -0.39 is 35.0 Å².